The van der Waals surface area contributed by atoms with E-state index in [-0.39, 0.29) is 12.1 Å². The van der Waals surface area contributed by atoms with Crippen LogP contribution in [0.1, 0.15) is 37.6 Å². The predicted octanol–water partition coefficient (Wildman–Crippen LogP) is 2.37. The second-order valence-corrected chi connectivity index (χ2v) is 7.03. The Morgan fingerprint density at radius 2 is 1.84 bits per heavy atom. The average molecular weight is 350 g/mol. The van der Waals surface area contributed by atoms with Gasteiger partial charge in [-0.05, 0) is 39.3 Å². The number of hydrogen-bond donors (Lipinski definition) is 1. The van der Waals surface area contributed by atoms with Gasteiger partial charge in [0.15, 0.2) is 0 Å². The lowest BCUT2D eigenvalue weighted by atomic mass is 10.0. The van der Waals surface area contributed by atoms with Gasteiger partial charge in [0.2, 0.25) is 0 Å². The average Bonchev–Trinajstić information content (AvgIpc) is 2.53. The van der Waals surface area contributed by atoms with Crippen LogP contribution in [0.2, 0.25) is 0 Å². The van der Waals surface area contributed by atoms with Crippen LogP contribution in [0.4, 0.5) is 4.79 Å². The molecule has 1 aromatic rings. The van der Waals surface area contributed by atoms with Crippen LogP contribution in [-0.4, -0.2) is 55.1 Å². The number of hydrogen-bond acceptors (Lipinski definition) is 6. The van der Waals surface area contributed by atoms with Gasteiger partial charge in [0, 0.05) is 7.11 Å². The van der Waals surface area contributed by atoms with Gasteiger partial charge in [-0.1, -0.05) is 18.2 Å². The number of piperidine rings is 1. The number of methoxy groups -OCH3 is 1. The molecule has 1 aliphatic heterocycles. The fraction of sp³-hybridized carbons (Fsp3) is 0.556. The first-order valence-corrected chi connectivity index (χ1v) is 8.31. The van der Waals surface area contributed by atoms with Crippen LogP contribution in [0, 0.1) is 0 Å². The summed E-state index contributed by atoms with van der Waals surface area (Å²) in [5, 5.41) is 4.33. The number of nitrogens with zero attached hydrogens (tertiary/aromatic N) is 1. The molecule has 7 nitrogen and oxygen atoms in total. The molecule has 0 aromatic heterocycles. The Labute approximate surface area is 148 Å². The molecule has 0 aliphatic carbocycles. The van der Waals surface area contributed by atoms with E-state index >= 15 is 0 Å². The molecule has 1 aliphatic rings. The maximum atomic E-state index is 12.2. The smallest absolute Gasteiger partial charge is 0.407 e. The minimum Gasteiger partial charge on any atom is -0.444 e. The Kier molecular flexibility index (Phi) is 6.39. The maximum absolute atomic E-state index is 12.2. The van der Waals surface area contributed by atoms with E-state index in [1.165, 1.54) is 5.06 Å². The molecule has 0 spiro atoms. The van der Waals surface area contributed by atoms with Gasteiger partial charge in [0.25, 0.3) is 0 Å². The van der Waals surface area contributed by atoms with Gasteiger partial charge in [0.05, 0.1) is 30.8 Å². The predicted molar refractivity (Wildman–Crippen MR) is 92.0 cm³/mol. The number of nitrogens with one attached hydrogen (secondary N) is 1. The molecule has 1 saturated heterocycles. The molecule has 1 fully saturated rings. The molecule has 2 atom stereocenters. The zero-order valence-electron chi connectivity index (χ0n) is 15.2. The molecule has 1 amide bonds. The van der Waals surface area contributed by atoms with Crippen molar-refractivity contribution >= 4 is 12.1 Å². The number of rotatable bonds is 4. The third-order valence-electron chi connectivity index (χ3n) is 3.65. The molecular weight excluding hydrogens is 324 g/mol. The molecule has 7 heteroatoms. The summed E-state index contributed by atoms with van der Waals surface area (Å²) in [7, 11) is 1.59. The van der Waals surface area contributed by atoms with Crippen molar-refractivity contribution in [1.29, 1.82) is 0 Å². The highest BCUT2D eigenvalue weighted by molar-refractivity contribution is 5.89. The number of benzene rings is 1. The number of amides is 1. The number of ether oxygens (including phenoxy) is 2. The Bertz CT molecular complexity index is 585. The summed E-state index contributed by atoms with van der Waals surface area (Å²) in [5.74, 6) is -0.437. The van der Waals surface area contributed by atoms with Crippen molar-refractivity contribution < 1.29 is 23.9 Å². The van der Waals surface area contributed by atoms with Gasteiger partial charge in [-0.15, -0.1) is 5.06 Å². The van der Waals surface area contributed by atoms with Gasteiger partial charge in [-0.3, -0.25) is 0 Å². The molecule has 0 radical (unpaired) electrons. The Morgan fingerprint density at radius 1 is 1.16 bits per heavy atom. The summed E-state index contributed by atoms with van der Waals surface area (Å²) in [6.45, 7) is 6.23. The van der Waals surface area contributed by atoms with Gasteiger partial charge >= 0.3 is 12.1 Å². The van der Waals surface area contributed by atoms with Gasteiger partial charge < -0.3 is 19.6 Å². The van der Waals surface area contributed by atoms with Gasteiger partial charge in [-0.2, -0.15) is 0 Å². The highest BCUT2D eigenvalue weighted by Crippen LogP contribution is 2.16. The lowest BCUT2D eigenvalue weighted by Gasteiger charge is -2.36. The van der Waals surface area contributed by atoms with Crippen LogP contribution in [0.5, 0.6) is 0 Å². The first kappa shape index (κ1) is 19.2. The van der Waals surface area contributed by atoms with Crippen LogP contribution >= 0.6 is 0 Å². The summed E-state index contributed by atoms with van der Waals surface area (Å²) in [6.07, 6.45) is -0.0318. The van der Waals surface area contributed by atoms with Crippen LogP contribution in [0.15, 0.2) is 30.3 Å². The largest absolute Gasteiger partial charge is 0.444 e. The molecule has 0 unspecified atom stereocenters. The van der Waals surface area contributed by atoms with E-state index in [2.05, 4.69) is 5.32 Å². The SMILES string of the molecule is CO[C@@H]1C[C@H](NC(=O)OC(C)(C)C)CN(OC(=O)c2ccccc2)C1. The van der Waals surface area contributed by atoms with E-state index in [4.69, 9.17) is 14.3 Å². The lowest BCUT2D eigenvalue weighted by Crippen LogP contribution is -2.54. The zero-order chi connectivity index (χ0) is 18.4. The summed E-state index contributed by atoms with van der Waals surface area (Å²) in [6, 6.07) is 8.53. The highest BCUT2D eigenvalue weighted by atomic mass is 16.7. The molecule has 0 saturated carbocycles. The monoisotopic (exact) mass is 350 g/mol. The van der Waals surface area contributed by atoms with E-state index < -0.39 is 17.7 Å². The minimum absolute atomic E-state index is 0.155. The molecule has 1 N–H and O–H groups in total. The second kappa shape index (κ2) is 8.31. The third-order valence-corrected chi connectivity index (χ3v) is 3.65. The topological polar surface area (TPSA) is 77.1 Å². The Morgan fingerprint density at radius 3 is 2.44 bits per heavy atom. The van der Waals surface area contributed by atoms with Crippen molar-refractivity contribution in [2.45, 2.75) is 44.9 Å². The van der Waals surface area contributed by atoms with Crippen LogP contribution in [-0.2, 0) is 14.3 Å². The lowest BCUT2D eigenvalue weighted by molar-refractivity contribution is -0.152. The van der Waals surface area contributed by atoms with Crippen molar-refractivity contribution in [3.05, 3.63) is 35.9 Å². The van der Waals surface area contributed by atoms with Crippen molar-refractivity contribution in [2.24, 2.45) is 0 Å². The van der Waals surface area contributed by atoms with E-state index in [0.29, 0.717) is 25.1 Å². The first-order valence-electron chi connectivity index (χ1n) is 8.31. The fourth-order valence-corrected chi connectivity index (χ4v) is 2.58. The van der Waals surface area contributed by atoms with Gasteiger partial charge in [0.1, 0.15) is 5.60 Å². The van der Waals surface area contributed by atoms with E-state index in [0.717, 1.165) is 0 Å². The quantitative estimate of drug-likeness (QED) is 0.898. The molecule has 138 valence electrons. The van der Waals surface area contributed by atoms with Crippen molar-refractivity contribution in [3.63, 3.8) is 0 Å². The third kappa shape index (κ3) is 6.36. The standard InChI is InChI=1S/C18H26N2O5/c1-18(2,3)24-17(22)19-14-10-15(23-4)12-20(11-14)25-16(21)13-8-6-5-7-9-13/h5-9,14-15H,10-12H2,1-4H3,(H,19,22)/t14-,15+/m0/s1. The maximum Gasteiger partial charge on any atom is 0.407 e. The highest BCUT2D eigenvalue weighted by Gasteiger charge is 2.31. The Balaban J connectivity index is 1.95. The van der Waals surface area contributed by atoms with Crippen molar-refractivity contribution in [3.8, 4) is 0 Å². The summed E-state index contributed by atoms with van der Waals surface area (Å²) < 4.78 is 10.7. The van der Waals surface area contributed by atoms with Gasteiger partial charge in [-0.25, -0.2) is 9.59 Å². The normalized spacial score (nSPS) is 21.4. The number of alkyl carbamates (subject to hydrolysis) is 1. The van der Waals surface area contributed by atoms with E-state index in [1.54, 1.807) is 52.1 Å². The molecule has 1 aromatic carbocycles. The van der Waals surface area contributed by atoms with Crippen LogP contribution in [0.25, 0.3) is 0 Å². The van der Waals surface area contributed by atoms with E-state index in [9.17, 15) is 9.59 Å². The molecule has 0 bridgehead atoms. The van der Waals surface area contributed by atoms with E-state index in [1.807, 2.05) is 6.07 Å². The first-order chi connectivity index (χ1) is 11.8. The molecule has 25 heavy (non-hydrogen) atoms. The van der Waals surface area contributed by atoms with Crippen molar-refractivity contribution in [2.75, 3.05) is 20.2 Å². The number of carbonyl (C=O) groups is 2. The number of carbonyl (C=O) groups excluding carboxylic acids is 2. The Hall–Kier alpha value is -2.12. The molecule has 2 rings (SSSR count). The fourth-order valence-electron chi connectivity index (χ4n) is 2.58. The zero-order valence-corrected chi connectivity index (χ0v) is 15.2. The summed E-state index contributed by atoms with van der Waals surface area (Å²) in [5.41, 5.74) is -0.0996. The van der Waals surface area contributed by atoms with Crippen LogP contribution in [0.3, 0.4) is 0 Å². The summed E-state index contributed by atoms with van der Waals surface area (Å²) in [4.78, 5) is 29.6. The number of hydroxylamine groups is 2. The van der Waals surface area contributed by atoms with Crippen molar-refractivity contribution in [1.82, 2.24) is 10.4 Å². The second-order valence-electron chi connectivity index (χ2n) is 7.03. The molecular formula is C18H26N2O5. The summed E-state index contributed by atoms with van der Waals surface area (Å²) >= 11 is 0. The minimum atomic E-state index is -0.571. The van der Waals surface area contributed by atoms with Crippen LogP contribution < -0.4 is 5.32 Å². The molecule has 1 heterocycles.